The largest absolute Gasteiger partial charge is 0.493 e. The fourth-order valence-electron chi connectivity index (χ4n) is 1.80. The molecule has 1 unspecified atom stereocenters. The number of hydrogen-bond donors (Lipinski definition) is 0. The minimum atomic E-state index is -4.15. The van der Waals surface area contributed by atoms with Gasteiger partial charge in [0, 0.05) is 16.5 Å². The molecule has 1 aromatic carbocycles. The Bertz CT molecular complexity index is 465. The lowest BCUT2D eigenvalue weighted by molar-refractivity contribution is -0.128. The van der Waals surface area contributed by atoms with Gasteiger partial charge in [-0.25, -0.2) is 8.78 Å². The predicted octanol–water partition coefficient (Wildman–Crippen LogP) is 4.72. The highest BCUT2D eigenvalue weighted by atomic mass is 79.9. The molecule has 100 valence electrons. The maximum atomic E-state index is 13.4. The zero-order chi connectivity index (χ0) is 13.5. The van der Waals surface area contributed by atoms with E-state index in [1.54, 1.807) is 6.07 Å². The highest BCUT2D eigenvalue weighted by Gasteiger charge is 2.49. The van der Waals surface area contributed by atoms with Crippen molar-refractivity contribution in [1.29, 1.82) is 0 Å². The van der Waals surface area contributed by atoms with Gasteiger partial charge in [0.1, 0.15) is 10.6 Å². The summed E-state index contributed by atoms with van der Waals surface area (Å²) in [4.78, 5) is -1.78. The summed E-state index contributed by atoms with van der Waals surface area (Å²) in [6, 6.07) is 3.12. The molecule has 0 aliphatic carbocycles. The SMILES string of the molecule is FC(F)C(F)(F)C(Br)c1cc(Br)cc2c1OCC2. The standard InChI is InChI=1S/C11H8Br2F4O/c12-6-3-5-1-2-18-8(5)7(4-6)9(13)11(16,17)10(14)15/h3-4,9-10H,1-2H2. The first-order valence-electron chi connectivity index (χ1n) is 5.09. The van der Waals surface area contributed by atoms with E-state index < -0.39 is 17.2 Å². The molecule has 0 N–H and O–H groups in total. The van der Waals surface area contributed by atoms with E-state index in [9.17, 15) is 17.6 Å². The van der Waals surface area contributed by atoms with Crippen LogP contribution in [0.1, 0.15) is 16.0 Å². The summed E-state index contributed by atoms with van der Waals surface area (Å²) in [5, 5.41) is 0. The van der Waals surface area contributed by atoms with E-state index >= 15 is 0 Å². The third kappa shape index (κ3) is 2.39. The van der Waals surface area contributed by atoms with Crippen molar-refractivity contribution in [2.75, 3.05) is 6.61 Å². The van der Waals surface area contributed by atoms with Crippen LogP contribution < -0.4 is 4.74 Å². The van der Waals surface area contributed by atoms with E-state index in [4.69, 9.17) is 4.74 Å². The van der Waals surface area contributed by atoms with Gasteiger partial charge >= 0.3 is 12.3 Å². The molecule has 0 saturated heterocycles. The minimum Gasteiger partial charge on any atom is -0.493 e. The van der Waals surface area contributed by atoms with Crippen LogP contribution in [0.2, 0.25) is 0 Å². The van der Waals surface area contributed by atoms with Crippen molar-refractivity contribution in [2.24, 2.45) is 0 Å². The normalized spacial score (nSPS) is 16.6. The fourth-order valence-corrected chi connectivity index (χ4v) is 2.87. The molecule has 1 aliphatic heterocycles. The Kier molecular flexibility index (Phi) is 3.92. The summed E-state index contributed by atoms with van der Waals surface area (Å²) < 4.78 is 57.3. The second-order valence-corrected chi connectivity index (χ2v) is 5.75. The highest BCUT2D eigenvalue weighted by molar-refractivity contribution is 9.10. The van der Waals surface area contributed by atoms with Gasteiger partial charge in [-0.2, -0.15) is 8.78 Å². The van der Waals surface area contributed by atoms with Crippen molar-refractivity contribution < 1.29 is 22.3 Å². The minimum absolute atomic E-state index is 0.0437. The van der Waals surface area contributed by atoms with Gasteiger partial charge in [-0.05, 0) is 17.7 Å². The second-order valence-electron chi connectivity index (χ2n) is 3.92. The zero-order valence-electron chi connectivity index (χ0n) is 8.90. The third-order valence-corrected chi connectivity index (χ3v) is 4.24. The summed E-state index contributed by atoms with van der Waals surface area (Å²) in [7, 11) is 0. The van der Waals surface area contributed by atoms with Gasteiger partial charge in [-0.3, -0.25) is 0 Å². The number of halogens is 6. The molecular formula is C11H8Br2F4O. The van der Waals surface area contributed by atoms with Gasteiger partial charge in [0.2, 0.25) is 0 Å². The molecule has 0 radical (unpaired) electrons. The van der Waals surface area contributed by atoms with Crippen LogP contribution in [0.4, 0.5) is 17.6 Å². The first-order valence-corrected chi connectivity index (χ1v) is 6.80. The van der Waals surface area contributed by atoms with Crippen LogP contribution in [0.3, 0.4) is 0 Å². The maximum Gasteiger partial charge on any atom is 0.323 e. The van der Waals surface area contributed by atoms with E-state index in [-0.39, 0.29) is 11.3 Å². The number of fused-ring (bicyclic) bond motifs is 1. The summed E-state index contributed by atoms with van der Waals surface area (Å²) in [6.45, 7) is 0.374. The molecule has 0 spiro atoms. The second kappa shape index (κ2) is 5.00. The maximum absolute atomic E-state index is 13.4. The molecule has 2 rings (SSSR count). The molecule has 1 atom stereocenters. The average Bonchev–Trinajstić information content (AvgIpc) is 2.74. The molecule has 0 saturated carbocycles. The molecule has 7 heteroatoms. The Morgan fingerprint density at radius 1 is 1.28 bits per heavy atom. The molecule has 0 amide bonds. The number of benzene rings is 1. The van der Waals surface area contributed by atoms with Gasteiger partial charge in [0.25, 0.3) is 0 Å². The summed E-state index contributed by atoms with van der Waals surface area (Å²) in [5.41, 5.74) is 0.788. The Hall–Kier alpha value is -0.300. The lowest BCUT2D eigenvalue weighted by Crippen LogP contribution is -2.31. The van der Waals surface area contributed by atoms with Gasteiger partial charge in [-0.1, -0.05) is 31.9 Å². The van der Waals surface area contributed by atoms with Crippen LogP contribution in [0.15, 0.2) is 16.6 Å². The van der Waals surface area contributed by atoms with Crippen LogP contribution in [-0.2, 0) is 6.42 Å². The van der Waals surface area contributed by atoms with E-state index in [1.807, 2.05) is 0 Å². The summed E-state index contributed by atoms with van der Waals surface area (Å²) >= 11 is 5.84. The van der Waals surface area contributed by atoms with E-state index in [1.165, 1.54) is 6.07 Å². The average molecular weight is 392 g/mol. The van der Waals surface area contributed by atoms with Crippen molar-refractivity contribution in [1.82, 2.24) is 0 Å². The van der Waals surface area contributed by atoms with Crippen LogP contribution >= 0.6 is 31.9 Å². The Balaban J connectivity index is 2.46. The van der Waals surface area contributed by atoms with Gasteiger partial charge in [-0.15, -0.1) is 0 Å². The first-order chi connectivity index (χ1) is 8.34. The van der Waals surface area contributed by atoms with Crippen molar-refractivity contribution >= 4 is 31.9 Å². The molecule has 1 aliphatic rings. The topological polar surface area (TPSA) is 9.23 Å². The number of alkyl halides is 5. The van der Waals surface area contributed by atoms with Gasteiger partial charge < -0.3 is 4.74 Å². The highest BCUT2D eigenvalue weighted by Crippen LogP contribution is 2.48. The van der Waals surface area contributed by atoms with Crippen LogP contribution in [-0.4, -0.2) is 19.0 Å². The van der Waals surface area contributed by atoms with Gasteiger partial charge in [0.05, 0.1) is 6.61 Å². The number of ether oxygens (including phenoxy) is 1. The van der Waals surface area contributed by atoms with E-state index in [0.29, 0.717) is 17.5 Å². The van der Waals surface area contributed by atoms with Gasteiger partial charge in [0.15, 0.2) is 0 Å². The van der Waals surface area contributed by atoms with Crippen LogP contribution in [0, 0.1) is 0 Å². The predicted molar refractivity (Wildman–Crippen MR) is 66.0 cm³/mol. The van der Waals surface area contributed by atoms with Crippen molar-refractivity contribution in [3.8, 4) is 5.75 Å². The zero-order valence-corrected chi connectivity index (χ0v) is 12.1. The molecule has 0 fully saturated rings. The van der Waals surface area contributed by atoms with E-state index in [2.05, 4.69) is 31.9 Å². The molecule has 0 aromatic heterocycles. The van der Waals surface area contributed by atoms with Crippen molar-refractivity contribution in [2.45, 2.75) is 23.6 Å². The van der Waals surface area contributed by atoms with Crippen LogP contribution in [0.5, 0.6) is 5.75 Å². The Labute approximate surface area is 118 Å². The fraction of sp³-hybridized carbons (Fsp3) is 0.455. The molecule has 1 aromatic rings. The number of rotatable bonds is 3. The lowest BCUT2D eigenvalue weighted by Gasteiger charge is -2.23. The molecule has 1 nitrogen and oxygen atoms in total. The summed E-state index contributed by atoms with van der Waals surface area (Å²) in [6.07, 6.45) is -3.15. The Morgan fingerprint density at radius 2 is 1.94 bits per heavy atom. The van der Waals surface area contributed by atoms with Crippen molar-refractivity contribution in [3.05, 3.63) is 27.7 Å². The number of hydrogen-bond acceptors (Lipinski definition) is 1. The first kappa shape index (κ1) is 14.1. The molecule has 18 heavy (non-hydrogen) atoms. The molecular weight excluding hydrogens is 384 g/mol. The monoisotopic (exact) mass is 390 g/mol. The third-order valence-electron chi connectivity index (χ3n) is 2.68. The summed E-state index contributed by atoms with van der Waals surface area (Å²) in [5.74, 6) is -3.87. The molecule has 1 heterocycles. The lowest BCUT2D eigenvalue weighted by atomic mass is 10.0. The Morgan fingerprint density at radius 3 is 2.56 bits per heavy atom. The molecule has 0 bridgehead atoms. The van der Waals surface area contributed by atoms with Crippen molar-refractivity contribution in [3.63, 3.8) is 0 Å². The smallest absolute Gasteiger partial charge is 0.323 e. The van der Waals surface area contributed by atoms with E-state index in [0.717, 1.165) is 5.56 Å². The quantitative estimate of drug-likeness (QED) is 0.535. The van der Waals surface area contributed by atoms with Crippen LogP contribution in [0.25, 0.3) is 0 Å².